The zero-order valence-corrected chi connectivity index (χ0v) is 19.0. The highest BCUT2D eigenvalue weighted by molar-refractivity contribution is 6.21. The summed E-state index contributed by atoms with van der Waals surface area (Å²) in [6, 6.07) is 23.5. The quantitative estimate of drug-likeness (QED) is 0.402. The Hall–Kier alpha value is -5.11. The summed E-state index contributed by atoms with van der Waals surface area (Å²) in [5.74, 6) is -1.27. The van der Waals surface area contributed by atoms with Crippen LogP contribution in [0.1, 0.15) is 47.0 Å². The second-order valence-electron chi connectivity index (χ2n) is 8.16. The standard InChI is InChI=1S/C28H20N4O4/c33-25(30-21-4-3-5-22(16-21)31-26(34)20-12-14-29-15-13-20)19-10-8-18(9-11-19)17-32-27(35)23-6-1-2-7-24(23)28(32)36/h1-16H,17H2,(H,30,33)(H,31,34). The second kappa shape index (κ2) is 9.63. The highest BCUT2D eigenvalue weighted by Crippen LogP contribution is 2.24. The van der Waals surface area contributed by atoms with Crippen LogP contribution in [0.5, 0.6) is 0 Å². The first kappa shape index (κ1) is 22.7. The first-order valence-electron chi connectivity index (χ1n) is 11.2. The highest BCUT2D eigenvalue weighted by Gasteiger charge is 2.34. The molecular formula is C28H20N4O4. The molecule has 8 heteroatoms. The number of fused-ring (bicyclic) bond motifs is 1. The van der Waals surface area contributed by atoms with Crippen LogP contribution in [0.4, 0.5) is 11.4 Å². The van der Waals surface area contributed by atoms with Crippen molar-refractivity contribution in [2.24, 2.45) is 0 Å². The molecule has 1 aromatic heterocycles. The first-order valence-corrected chi connectivity index (χ1v) is 11.2. The third kappa shape index (κ3) is 4.60. The zero-order chi connectivity index (χ0) is 25.1. The SMILES string of the molecule is O=C(Nc1cccc(NC(=O)c2ccc(CN3C(=O)c4ccccc4C3=O)cc2)c1)c1ccncc1. The van der Waals surface area contributed by atoms with Crippen molar-refractivity contribution in [1.29, 1.82) is 0 Å². The minimum atomic E-state index is -0.333. The molecule has 8 nitrogen and oxygen atoms in total. The monoisotopic (exact) mass is 476 g/mol. The number of anilines is 2. The summed E-state index contributed by atoms with van der Waals surface area (Å²) in [6.45, 7) is 0.119. The van der Waals surface area contributed by atoms with Crippen LogP contribution in [0, 0.1) is 0 Å². The topological polar surface area (TPSA) is 108 Å². The zero-order valence-electron chi connectivity index (χ0n) is 19.0. The molecule has 0 fully saturated rings. The third-order valence-electron chi connectivity index (χ3n) is 5.76. The number of imide groups is 1. The van der Waals surface area contributed by atoms with Crippen LogP contribution in [-0.4, -0.2) is 33.5 Å². The predicted octanol–water partition coefficient (Wildman–Crippen LogP) is 4.38. The van der Waals surface area contributed by atoms with Gasteiger partial charge in [-0.25, -0.2) is 0 Å². The van der Waals surface area contributed by atoms with E-state index in [0.29, 0.717) is 33.6 Å². The van der Waals surface area contributed by atoms with Gasteiger partial charge in [0.05, 0.1) is 17.7 Å². The van der Waals surface area contributed by atoms with E-state index >= 15 is 0 Å². The second-order valence-corrected chi connectivity index (χ2v) is 8.16. The molecule has 4 amide bonds. The van der Waals surface area contributed by atoms with Gasteiger partial charge in [-0.1, -0.05) is 30.3 Å². The number of rotatable bonds is 6. The molecule has 0 saturated carbocycles. The number of nitrogens with zero attached hydrogens (tertiary/aromatic N) is 2. The van der Waals surface area contributed by atoms with Gasteiger partial charge in [-0.3, -0.25) is 29.1 Å². The molecule has 0 radical (unpaired) electrons. The first-order chi connectivity index (χ1) is 17.5. The van der Waals surface area contributed by atoms with E-state index in [0.717, 1.165) is 5.56 Å². The Morgan fingerprint density at radius 3 is 1.75 bits per heavy atom. The van der Waals surface area contributed by atoms with Gasteiger partial charge in [-0.15, -0.1) is 0 Å². The molecule has 0 spiro atoms. The lowest BCUT2D eigenvalue weighted by atomic mass is 10.1. The summed E-state index contributed by atoms with van der Waals surface area (Å²) in [6.07, 6.45) is 3.08. The van der Waals surface area contributed by atoms with Crippen LogP contribution in [0.2, 0.25) is 0 Å². The molecule has 3 aromatic carbocycles. The fourth-order valence-corrected chi connectivity index (χ4v) is 3.91. The number of amides is 4. The minimum Gasteiger partial charge on any atom is -0.322 e. The van der Waals surface area contributed by atoms with Crippen molar-refractivity contribution in [3.05, 3.63) is 125 Å². The van der Waals surface area contributed by atoms with Gasteiger partial charge in [0.1, 0.15) is 0 Å². The molecule has 0 atom stereocenters. The molecule has 5 rings (SSSR count). The van der Waals surface area contributed by atoms with Crippen LogP contribution in [0.25, 0.3) is 0 Å². The van der Waals surface area contributed by atoms with Crippen molar-refractivity contribution < 1.29 is 19.2 Å². The number of carbonyl (C=O) groups is 4. The van der Waals surface area contributed by atoms with E-state index in [4.69, 9.17) is 0 Å². The molecule has 4 aromatic rings. The Morgan fingerprint density at radius 2 is 1.19 bits per heavy atom. The molecule has 2 N–H and O–H groups in total. The van der Waals surface area contributed by atoms with E-state index in [-0.39, 0.29) is 30.2 Å². The Morgan fingerprint density at radius 1 is 0.667 bits per heavy atom. The number of hydrogen-bond acceptors (Lipinski definition) is 5. The molecule has 1 aliphatic rings. The molecule has 176 valence electrons. The van der Waals surface area contributed by atoms with Crippen molar-refractivity contribution in [3.8, 4) is 0 Å². The smallest absolute Gasteiger partial charge is 0.261 e. The molecule has 36 heavy (non-hydrogen) atoms. The van der Waals surface area contributed by atoms with Crippen molar-refractivity contribution in [2.75, 3.05) is 10.6 Å². The number of nitrogens with one attached hydrogen (secondary N) is 2. The summed E-state index contributed by atoms with van der Waals surface area (Å²) >= 11 is 0. The fourth-order valence-electron chi connectivity index (χ4n) is 3.91. The van der Waals surface area contributed by atoms with Gasteiger partial charge in [0.2, 0.25) is 0 Å². The van der Waals surface area contributed by atoms with Gasteiger partial charge in [0.15, 0.2) is 0 Å². The van der Waals surface area contributed by atoms with E-state index in [1.807, 2.05) is 0 Å². The number of carbonyl (C=O) groups excluding carboxylic acids is 4. The lowest BCUT2D eigenvalue weighted by Crippen LogP contribution is -2.29. The fraction of sp³-hybridized carbons (Fsp3) is 0.0357. The van der Waals surface area contributed by atoms with Crippen molar-refractivity contribution in [1.82, 2.24) is 9.88 Å². The van der Waals surface area contributed by atoms with Crippen LogP contribution >= 0.6 is 0 Å². The number of pyridine rings is 1. The highest BCUT2D eigenvalue weighted by atomic mass is 16.2. The average Bonchev–Trinajstić information content (AvgIpc) is 3.14. The van der Waals surface area contributed by atoms with Crippen molar-refractivity contribution in [3.63, 3.8) is 0 Å². The normalized spacial score (nSPS) is 12.3. The van der Waals surface area contributed by atoms with E-state index in [2.05, 4.69) is 15.6 Å². The maximum atomic E-state index is 12.8. The summed E-state index contributed by atoms with van der Waals surface area (Å²) in [7, 11) is 0. The summed E-state index contributed by atoms with van der Waals surface area (Å²) < 4.78 is 0. The van der Waals surface area contributed by atoms with E-state index < -0.39 is 0 Å². The van der Waals surface area contributed by atoms with Crippen LogP contribution in [0.3, 0.4) is 0 Å². The molecule has 0 bridgehead atoms. The van der Waals surface area contributed by atoms with Gasteiger partial charge in [0, 0.05) is 34.9 Å². The van der Waals surface area contributed by atoms with Crippen LogP contribution in [-0.2, 0) is 6.54 Å². The summed E-state index contributed by atoms with van der Waals surface area (Å²) in [5.41, 5.74) is 3.46. The molecule has 0 saturated heterocycles. The summed E-state index contributed by atoms with van der Waals surface area (Å²) in [5, 5.41) is 5.60. The number of hydrogen-bond donors (Lipinski definition) is 2. The Balaban J connectivity index is 1.22. The van der Waals surface area contributed by atoms with Crippen molar-refractivity contribution >= 4 is 35.0 Å². The molecular weight excluding hydrogens is 456 g/mol. The van der Waals surface area contributed by atoms with Crippen molar-refractivity contribution in [2.45, 2.75) is 6.54 Å². The maximum Gasteiger partial charge on any atom is 0.261 e. The Kier molecular flexibility index (Phi) is 6.07. The lowest BCUT2D eigenvalue weighted by Gasteiger charge is -2.14. The lowest BCUT2D eigenvalue weighted by molar-refractivity contribution is 0.0641. The maximum absolute atomic E-state index is 12.8. The van der Waals surface area contributed by atoms with Gasteiger partial charge in [0.25, 0.3) is 23.6 Å². The molecule has 2 heterocycles. The predicted molar refractivity (Wildman–Crippen MR) is 134 cm³/mol. The number of aromatic nitrogens is 1. The Labute approximate surface area is 206 Å². The van der Waals surface area contributed by atoms with Gasteiger partial charge >= 0.3 is 0 Å². The summed E-state index contributed by atoms with van der Waals surface area (Å²) in [4.78, 5) is 55.4. The van der Waals surface area contributed by atoms with E-state index in [1.54, 1.807) is 84.9 Å². The third-order valence-corrected chi connectivity index (χ3v) is 5.76. The molecule has 1 aliphatic heterocycles. The minimum absolute atomic E-state index is 0.119. The molecule has 0 aliphatic carbocycles. The van der Waals surface area contributed by atoms with Crippen LogP contribution in [0.15, 0.2) is 97.3 Å². The van der Waals surface area contributed by atoms with Gasteiger partial charge < -0.3 is 10.6 Å². The van der Waals surface area contributed by atoms with Crippen LogP contribution < -0.4 is 10.6 Å². The number of benzene rings is 3. The molecule has 0 unspecified atom stereocenters. The average molecular weight is 476 g/mol. The van der Waals surface area contributed by atoms with Gasteiger partial charge in [-0.2, -0.15) is 0 Å². The van der Waals surface area contributed by atoms with E-state index in [9.17, 15) is 19.2 Å². The van der Waals surface area contributed by atoms with E-state index in [1.165, 1.54) is 17.3 Å². The Bertz CT molecular complexity index is 1450. The van der Waals surface area contributed by atoms with Gasteiger partial charge in [-0.05, 0) is 60.2 Å². The largest absolute Gasteiger partial charge is 0.322 e.